The number of nitrogens with two attached hydrogens (primary N) is 1. The van der Waals surface area contributed by atoms with E-state index in [2.05, 4.69) is 11.1 Å². The Hall–Kier alpha value is -0.890. The molecule has 94 valence electrons. The molecule has 0 aromatic carbocycles. The van der Waals surface area contributed by atoms with E-state index >= 15 is 0 Å². The second kappa shape index (κ2) is 6.75. The van der Waals surface area contributed by atoms with E-state index in [0.29, 0.717) is 6.04 Å². The highest BCUT2D eigenvalue weighted by molar-refractivity contribution is 5.10. The highest BCUT2D eigenvalue weighted by atomic mass is 14.7. The van der Waals surface area contributed by atoms with Crippen molar-refractivity contribution in [1.29, 1.82) is 0 Å². The lowest BCUT2D eigenvalue weighted by Crippen LogP contribution is -2.32. The zero-order valence-electron chi connectivity index (χ0n) is 10.6. The third-order valence-corrected chi connectivity index (χ3v) is 3.95. The molecule has 1 aliphatic carbocycles. The molecule has 1 aliphatic rings. The fourth-order valence-corrected chi connectivity index (χ4v) is 2.87. The van der Waals surface area contributed by atoms with Crippen LogP contribution in [0.15, 0.2) is 24.5 Å². The summed E-state index contributed by atoms with van der Waals surface area (Å²) in [5.74, 6) is 0.718. The zero-order valence-corrected chi connectivity index (χ0v) is 10.6. The van der Waals surface area contributed by atoms with E-state index in [1.54, 1.807) is 0 Å². The van der Waals surface area contributed by atoms with Crippen LogP contribution in [-0.4, -0.2) is 11.0 Å². The van der Waals surface area contributed by atoms with Crippen LogP contribution in [0.1, 0.15) is 50.5 Å². The summed E-state index contributed by atoms with van der Waals surface area (Å²) in [6.45, 7) is 0. The van der Waals surface area contributed by atoms with Crippen LogP contribution in [0, 0.1) is 5.92 Å². The maximum absolute atomic E-state index is 6.37. The van der Waals surface area contributed by atoms with E-state index in [-0.39, 0.29) is 0 Å². The molecule has 17 heavy (non-hydrogen) atoms. The third-order valence-electron chi connectivity index (χ3n) is 3.95. The lowest BCUT2D eigenvalue weighted by atomic mass is 9.84. The first-order chi connectivity index (χ1) is 8.36. The Balaban J connectivity index is 1.87. The van der Waals surface area contributed by atoms with Crippen LogP contribution in [-0.2, 0) is 6.42 Å². The molecule has 1 fully saturated rings. The van der Waals surface area contributed by atoms with E-state index in [0.717, 1.165) is 12.3 Å². The molecule has 2 N–H and O–H groups in total. The summed E-state index contributed by atoms with van der Waals surface area (Å²) < 4.78 is 0. The van der Waals surface area contributed by atoms with Gasteiger partial charge >= 0.3 is 0 Å². The molecular weight excluding hydrogens is 208 g/mol. The second-order valence-corrected chi connectivity index (χ2v) is 5.33. The van der Waals surface area contributed by atoms with Crippen molar-refractivity contribution in [2.24, 2.45) is 11.7 Å². The summed E-state index contributed by atoms with van der Waals surface area (Å²) in [4.78, 5) is 4.16. The summed E-state index contributed by atoms with van der Waals surface area (Å²) in [5.41, 5.74) is 7.65. The zero-order chi connectivity index (χ0) is 11.9. The summed E-state index contributed by atoms with van der Waals surface area (Å²) in [6.07, 6.45) is 14.3. The highest BCUT2D eigenvalue weighted by Crippen LogP contribution is 2.25. The fourth-order valence-electron chi connectivity index (χ4n) is 2.87. The Labute approximate surface area is 105 Å². The molecule has 0 aliphatic heterocycles. The summed E-state index contributed by atoms with van der Waals surface area (Å²) in [5, 5.41) is 0. The largest absolute Gasteiger partial charge is 0.327 e. The van der Waals surface area contributed by atoms with Crippen molar-refractivity contribution in [3.8, 4) is 0 Å². The first kappa shape index (κ1) is 12.6. The van der Waals surface area contributed by atoms with Gasteiger partial charge in [-0.25, -0.2) is 0 Å². The van der Waals surface area contributed by atoms with Gasteiger partial charge in [0.15, 0.2) is 0 Å². The predicted octanol–water partition coefficient (Wildman–Crippen LogP) is 3.31. The second-order valence-electron chi connectivity index (χ2n) is 5.33. The summed E-state index contributed by atoms with van der Waals surface area (Å²) >= 11 is 0. The lowest BCUT2D eigenvalue weighted by molar-refractivity contribution is 0.322. The predicted molar refractivity (Wildman–Crippen MR) is 71.7 cm³/mol. The van der Waals surface area contributed by atoms with Crippen LogP contribution in [0.2, 0.25) is 0 Å². The van der Waals surface area contributed by atoms with Crippen molar-refractivity contribution in [2.75, 3.05) is 0 Å². The van der Waals surface area contributed by atoms with Crippen molar-refractivity contribution in [3.63, 3.8) is 0 Å². The van der Waals surface area contributed by atoms with E-state index in [1.807, 2.05) is 18.5 Å². The third kappa shape index (κ3) is 4.12. The topological polar surface area (TPSA) is 38.9 Å². The van der Waals surface area contributed by atoms with Gasteiger partial charge in [0, 0.05) is 18.4 Å². The molecule has 0 amide bonds. The van der Waals surface area contributed by atoms with Crippen molar-refractivity contribution in [2.45, 2.75) is 57.4 Å². The first-order valence-electron chi connectivity index (χ1n) is 7.01. The fraction of sp³-hybridized carbons (Fsp3) is 0.667. The Morgan fingerprint density at radius 1 is 1.18 bits per heavy atom. The molecule has 1 aromatic heterocycles. The number of rotatable bonds is 3. The average Bonchev–Trinajstić information content (AvgIpc) is 2.29. The normalized spacial score (nSPS) is 20.5. The Morgan fingerprint density at radius 2 is 1.88 bits per heavy atom. The summed E-state index contributed by atoms with van der Waals surface area (Å²) in [7, 11) is 0. The van der Waals surface area contributed by atoms with E-state index in [4.69, 9.17) is 5.73 Å². The lowest BCUT2D eigenvalue weighted by Gasteiger charge is -2.25. The number of pyridine rings is 1. The van der Waals surface area contributed by atoms with Crippen LogP contribution in [0.3, 0.4) is 0 Å². The minimum Gasteiger partial charge on any atom is -0.327 e. The molecule has 2 heteroatoms. The van der Waals surface area contributed by atoms with Crippen molar-refractivity contribution < 1.29 is 0 Å². The highest BCUT2D eigenvalue weighted by Gasteiger charge is 2.18. The van der Waals surface area contributed by atoms with Gasteiger partial charge in [0.1, 0.15) is 0 Å². The van der Waals surface area contributed by atoms with Gasteiger partial charge in [-0.15, -0.1) is 0 Å². The molecular formula is C15H24N2. The smallest absolute Gasteiger partial charge is 0.0300 e. The standard InChI is InChI=1S/C15H24N2/c16-15(11-13-7-6-10-17-12-13)14-8-4-2-1-3-5-9-14/h6-7,10,12,14-15H,1-5,8-9,11,16H2. The number of hydrogen-bond donors (Lipinski definition) is 1. The van der Waals surface area contributed by atoms with Gasteiger partial charge in [0.05, 0.1) is 0 Å². The number of hydrogen-bond acceptors (Lipinski definition) is 2. The van der Waals surface area contributed by atoms with Crippen molar-refractivity contribution in [3.05, 3.63) is 30.1 Å². The van der Waals surface area contributed by atoms with Crippen LogP contribution in [0.5, 0.6) is 0 Å². The minimum atomic E-state index is 0.317. The number of nitrogens with zero attached hydrogens (tertiary/aromatic N) is 1. The van der Waals surface area contributed by atoms with Gasteiger partial charge in [0.25, 0.3) is 0 Å². The Kier molecular flexibility index (Phi) is 4.99. The van der Waals surface area contributed by atoms with Crippen molar-refractivity contribution >= 4 is 0 Å². The van der Waals surface area contributed by atoms with Crippen molar-refractivity contribution in [1.82, 2.24) is 4.98 Å². The van der Waals surface area contributed by atoms with Crippen LogP contribution in [0.4, 0.5) is 0 Å². The van der Waals surface area contributed by atoms with Gasteiger partial charge in [-0.3, -0.25) is 4.98 Å². The monoisotopic (exact) mass is 232 g/mol. The van der Waals surface area contributed by atoms with Crippen LogP contribution >= 0.6 is 0 Å². The van der Waals surface area contributed by atoms with Gasteiger partial charge in [-0.1, -0.05) is 38.2 Å². The average molecular weight is 232 g/mol. The summed E-state index contributed by atoms with van der Waals surface area (Å²) in [6, 6.07) is 4.45. The molecule has 0 bridgehead atoms. The SMILES string of the molecule is NC(Cc1cccnc1)C1CCCCCCC1. The van der Waals surface area contributed by atoms with Gasteiger partial charge in [-0.05, 0) is 36.8 Å². The maximum atomic E-state index is 6.37. The van der Waals surface area contributed by atoms with Gasteiger partial charge < -0.3 is 5.73 Å². The molecule has 1 heterocycles. The molecule has 1 unspecified atom stereocenters. The number of aromatic nitrogens is 1. The van der Waals surface area contributed by atoms with E-state index < -0.39 is 0 Å². The van der Waals surface area contributed by atoms with E-state index in [9.17, 15) is 0 Å². The molecule has 0 radical (unpaired) electrons. The first-order valence-corrected chi connectivity index (χ1v) is 7.01. The molecule has 2 nitrogen and oxygen atoms in total. The molecule has 2 rings (SSSR count). The molecule has 0 spiro atoms. The van der Waals surface area contributed by atoms with E-state index in [1.165, 1.54) is 50.5 Å². The maximum Gasteiger partial charge on any atom is 0.0300 e. The van der Waals surface area contributed by atoms with Gasteiger partial charge in [-0.2, -0.15) is 0 Å². The molecule has 1 atom stereocenters. The Bertz CT molecular complexity index is 302. The van der Waals surface area contributed by atoms with Crippen LogP contribution < -0.4 is 5.73 Å². The molecule has 1 saturated carbocycles. The van der Waals surface area contributed by atoms with Crippen LogP contribution in [0.25, 0.3) is 0 Å². The minimum absolute atomic E-state index is 0.317. The molecule has 1 aromatic rings. The quantitative estimate of drug-likeness (QED) is 0.868. The molecule has 0 saturated heterocycles. The Morgan fingerprint density at radius 3 is 2.53 bits per heavy atom. The van der Waals surface area contributed by atoms with Gasteiger partial charge in [0.2, 0.25) is 0 Å².